The zero-order valence-corrected chi connectivity index (χ0v) is 16.9. The molecule has 0 atom stereocenters. The molecule has 3 N–H and O–H groups in total. The van der Waals surface area contributed by atoms with E-state index in [9.17, 15) is 18.0 Å². The first kappa shape index (κ1) is 25.7. The van der Waals surface area contributed by atoms with E-state index in [0.717, 1.165) is 31.2 Å². The van der Waals surface area contributed by atoms with E-state index >= 15 is 0 Å². The van der Waals surface area contributed by atoms with Crippen LogP contribution in [0, 0.1) is 5.92 Å². The predicted molar refractivity (Wildman–Crippen MR) is 106 cm³/mol. The molecule has 1 saturated carbocycles. The van der Waals surface area contributed by atoms with Crippen LogP contribution in [0.25, 0.3) is 0 Å². The molecular formula is C21H30F3NO5. The second-order valence-corrected chi connectivity index (χ2v) is 7.23. The average molecular weight is 433 g/mol. The quantitative estimate of drug-likeness (QED) is 0.477. The predicted octanol–water partition coefficient (Wildman–Crippen LogP) is 4.28. The van der Waals surface area contributed by atoms with E-state index in [-0.39, 0.29) is 6.42 Å². The maximum atomic E-state index is 10.6. The van der Waals surface area contributed by atoms with E-state index < -0.39 is 18.1 Å². The molecule has 0 radical (unpaired) electrons. The fraction of sp³-hybridized carbons (Fsp3) is 0.619. The lowest BCUT2D eigenvalue weighted by molar-refractivity contribution is -0.192. The third kappa shape index (κ3) is 12.3. The van der Waals surface area contributed by atoms with Crippen LogP contribution in [-0.4, -0.2) is 48.0 Å². The van der Waals surface area contributed by atoms with Gasteiger partial charge in [0.05, 0.1) is 13.0 Å². The number of rotatable bonds is 10. The smallest absolute Gasteiger partial charge is 0.490 e. The summed E-state index contributed by atoms with van der Waals surface area (Å²) >= 11 is 0. The number of ether oxygens (including phenoxy) is 1. The van der Waals surface area contributed by atoms with Crippen LogP contribution in [0.15, 0.2) is 24.3 Å². The standard InChI is InChI=1S/C19H29NO3.C2HF3O2/c21-19(22)11-14-20-13-10-17-6-8-18(9-7-17)23-15-12-16-4-2-1-3-5-16;3-2(4,5)1(6)7/h6-9,16,20H,1-5,10-15H2,(H,21,22);(H,6,7). The van der Waals surface area contributed by atoms with Gasteiger partial charge in [-0.2, -0.15) is 13.2 Å². The number of halogens is 3. The molecule has 0 aliphatic heterocycles. The minimum absolute atomic E-state index is 0.174. The molecule has 1 aromatic rings. The molecule has 30 heavy (non-hydrogen) atoms. The summed E-state index contributed by atoms with van der Waals surface area (Å²) in [5.74, 6) is -1.71. The van der Waals surface area contributed by atoms with Crippen molar-refractivity contribution < 1.29 is 37.7 Å². The van der Waals surface area contributed by atoms with E-state index in [2.05, 4.69) is 17.4 Å². The molecule has 1 aliphatic carbocycles. The lowest BCUT2D eigenvalue weighted by atomic mass is 9.87. The van der Waals surface area contributed by atoms with Crippen LogP contribution < -0.4 is 10.1 Å². The molecule has 1 aromatic carbocycles. The Morgan fingerprint density at radius 3 is 2.17 bits per heavy atom. The lowest BCUT2D eigenvalue weighted by Crippen LogP contribution is -2.21. The number of benzene rings is 1. The Balaban J connectivity index is 0.000000553. The molecule has 1 aliphatic rings. The third-order valence-corrected chi connectivity index (χ3v) is 4.79. The summed E-state index contributed by atoms with van der Waals surface area (Å²) in [5, 5.41) is 18.8. The molecule has 0 aromatic heterocycles. The van der Waals surface area contributed by atoms with E-state index in [1.807, 2.05) is 12.1 Å². The van der Waals surface area contributed by atoms with Gasteiger partial charge in [-0.25, -0.2) is 4.79 Å². The summed E-state index contributed by atoms with van der Waals surface area (Å²) in [5.41, 5.74) is 1.24. The second kappa shape index (κ2) is 13.8. The van der Waals surface area contributed by atoms with Crippen LogP contribution in [0.2, 0.25) is 0 Å². The number of alkyl halides is 3. The Morgan fingerprint density at radius 1 is 1.03 bits per heavy atom. The SMILES string of the molecule is O=C(O)C(F)(F)F.O=C(O)CCNCCc1ccc(OCCC2CCCCC2)cc1. The second-order valence-electron chi connectivity index (χ2n) is 7.23. The molecule has 6 nitrogen and oxygen atoms in total. The van der Waals surface area contributed by atoms with Gasteiger partial charge in [0.2, 0.25) is 0 Å². The van der Waals surface area contributed by atoms with Crippen LogP contribution in [-0.2, 0) is 16.0 Å². The number of aliphatic carboxylic acids is 2. The van der Waals surface area contributed by atoms with Crippen molar-refractivity contribution in [2.45, 2.75) is 57.5 Å². The lowest BCUT2D eigenvalue weighted by Gasteiger charge is -2.21. The average Bonchev–Trinajstić information content (AvgIpc) is 2.69. The van der Waals surface area contributed by atoms with Crippen LogP contribution in [0.1, 0.15) is 50.5 Å². The number of nitrogens with one attached hydrogen (secondary N) is 1. The van der Waals surface area contributed by atoms with Gasteiger partial charge in [-0.3, -0.25) is 4.79 Å². The molecule has 2 rings (SSSR count). The minimum atomic E-state index is -5.08. The van der Waals surface area contributed by atoms with Gasteiger partial charge in [0.25, 0.3) is 0 Å². The van der Waals surface area contributed by atoms with Crippen molar-refractivity contribution >= 4 is 11.9 Å². The Morgan fingerprint density at radius 2 is 1.63 bits per heavy atom. The topological polar surface area (TPSA) is 95.9 Å². The first-order valence-corrected chi connectivity index (χ1v) is 10.1. The summed E-state index contributed by atoms with van der Waals surface area (Å²) in [4.78, 5) is 19.3. The van der Waals surface area contributed by atoms with Gasteiger partial charge in [0, 0.05) is 6.54 Å². The van der Waals surface area contributed by atoms with Gasteiger partial charge in [-0.05, 0) is 43.0 Å². The van der Waals surface area contributed by atoms with E-state index in [0.29, 0.717) is 6.54 Å². The fourth-order valence-electron chi connectivity index (χ4n) is 3.12. The number of carbonyl (C=O) groups is 2. The molecule has 0 bridgehead atoms. The van der Waals surface area contributed by atoms with Crippen molar-refractivity contribution in [3.63, 3.8) is 0 Å². The zero-order chi connectivity index (χ0) is 22.4. The Hall–Kier alpha value is -2.29. The molecule has 0 unspecified atom stereocenters. The number of carboxylic acid groups (broad SMARTS) is 2. The van der Waals surface area contributed by atoms with Crippen molar-refractivity contribution in [2.75, 3.05) is 19.7 Å². The summed E-state index contributed by atoms with van der Waals surface area (Å²) in [7, 11) is 0. The maximum absolute atomic E-state index is 10.6. The van der Waals surface area contributed by atoms with Gasteiger partial charge in [0.15, 0.2) is 0 Å². The fourth-order valence-corrected chi connectivity index (χ4v) is 3.12. The van der Waals surface area contributed by atoms with Crippen molar-refractivity contribution in [1.29, 1.82) is 0 Å². The Labute approximate surface area is 174 Å². The highest BCUT2D eigenvalue weighted by atomic mass is 19.4. The normalized spacial score (nSPS) is 14.5. The highest BCUT2D eigenvalue weighted by molar-refractivity contribution is 5.73. The first-order chi connectivity index (χ1) is 14.2. The molecular weight excluding hydrogens is 403 g/mol. The van der Waals surface area contributed by atoms with E-state index in [1.165, 1.54) is 44.1 Å². The van der Waals surface area contributed by atoms with Crippen molar-refractivity contribution in [2.24, 2.45) is 5.92 Å². The Bertz CT molecular complexity index is 629. The highest BCUT2D eigenvalue weighted by Crippen LogP contribution is 2.26. The molecule has 0 spiro atoms. The van der Waals surface area contributed by atoms with E-state index in [1.54, 1.807) is 0 Å². The summed E-state index contributed by atoms with van der Waals surface area (Å²) in [6.07, 6.45) is 4.10. The van der Waals surface area contributed by atoms with Gasteiger partial charge < -0.3 is 20.3 Å². The number of hydrogen-bond donors (Lipinski definition) is 3. The Kier molecular flexibility index (Phi) is 11.9. The van der Waals surface area contributed by atoms with Gasteiger partial charge >= 0.3 is 18.1 Å². The third-order valence-electron chi connectivity index (χ3n) is 4.79. The summed E-state index contributed by atoms with van der Waals surface area (Å²) < 4.78 is 37.6. The molecule has 0 heterocycles. The van der Waals surface area contributed by atoms with Crippen LogP contribution >= 0.6 is 0 Å². The molecule has 9 heteroatoms. The van der Waals surface area contributed by atoms with Gasteiger partial charge in [-0.1, -0.05) is 44.2 Å². The van der Waals surface area contributed by atoms with Crippen LogP contribution in [0.4, 0.5) is 13.2 Å². The molecule has 170 valence electrons. The highest BCUT2D eigenvalue weighted by Gasteiger charge is 2.38. The van der Waals surface area contributed by atoms with E-state index in [4.69, 9.17) is 19.7 Å². The van der Waals surface area contributed by atoms with Crippen LogP contribution in [0.5, 0.6) is 5.75 Å². The zero-order valence-electron chi connectivity index (χ0n) is 16.9. The van der Waals surface area contributed by atoms with Crippen LogP contribution in [0.3, 0.4) is 0 Å². The van der Waals surface area contributed by atoms with Crippen molar-refractivity contribution in [3.8, 4) is 5.75 Å². The molecule has 0 saturated heterocycles. The first-order valence-electron chi connectivity index (χ1n) is 10.1. The van der Waals surface area contributed by atoms with Crippen molar-refractivity contribution in [3.05, 3.63) is 29.8 Å². The minimum Gasteiger partial charge on any atom is -0.494 e. The van der Waals surface area contributed by atoms with Gasteiger partial charge in [0.1, 0.15) is 5.75 Å². The summed E-state index contributed by atoms with van der Waals surface area (Å²) in [6, 6.07) is 8.25. The largest absolute Gasteiger partial charge is 0.494 e. The molecule has 1 fully saturated rings. The number of carboxylic acids is 2. The summed E-state index contributed by atoms with van der Waals surface area (Å²) in [6.45, 7) is 2.15. The molecule has 0 amide bonds. The number of hydrogen-bond acceptors (Lipinski definition) is 4. The monoisotopic (exact) mass is 433 g/mol. The maximum Gasteiger partial charge on any atom is 0.490 e. The van der Waals surface area contributed by atoms with Crippen molar-refractivity contribution in [1.82, 2.24) is 5.32 Å². The van der Waals surface area contributed by atoms with Gasteiger partial charge in [-0.15, -0.1) is 0 Å².